The number of aryl methyl sites for hydroxylation is 1. The van der Waals surface area contributed by atoms with Gasteiger partial charge in [0.05, 0.1) is 22.3 Å². The maximum atomic E-state index is 12.4. The number of thiophene rings is 1. The summed E-state index contributed by atoms with van der Waals surface area (Å²) in [5.41, 5.74) is 3.73. The van der Waals surface area contributed by atoms with Crippen LogP contribution in [-0.4, -0.2) is 16.1 Å². The molecule has 0 aliphatic heterocycles. The van der Waals surface area contributed by atoms with Crippen LogP contribution in [0.5, 0.6) is 0 Å². The van der Waals surface area contributed by atoms with Gasteiger partial charge in [-0.15, -0.1) is 11.3 Å². The van der Waals surface area contributed by atoms with E-state index >= 15 is 0 Å². The van der Waals surface area contributed by atoms with E-state index in [9.17, 15) is 4.79 Å². The molecule has 5 heteroatoms. The Hall–Kier alpha value is -2.40. The molecule has 0 saturated carbocycles. The molecule has 0 fully saturated rings. The zero-order valence-electron chi connectivity index (χ0n) is 12.3. The first-order valence-corrected chi connectivity index (χ1v) is 8.09. The first-order chi connectivity index (χ1) is 10.8. The lowest BCUT2D eigenvalue weighted by Gasteiger charge is -2.06. The molecule has 2 aromatic heterocycles. The lowest BCUT2D eigenvalue weighted by atomic mass is 10.1. The van der Waals surface area contributed by atoms with Crippen LogP contribution in [0.1, 0.15) is 28.4 Å². The third kappa shape index (κ3) is 3.09. The molecule has 112 valence electrons. The van der Waals surface area contributed by atoms with Crippen LogP contribution in [0.4, 0.5) is 0 Å². The quantitative estimate of drug-likeness (QED) is 0.756. The third-order valence-electron chi connectivity index (χ3n) is 3.54. The number of carbonyl (C=O) groups excluding carboxylic acids is 1. The molecule has 22 heavy (non-hydrogen) atoms. The molecule has 2 heterocycles. The van der Waals surface area contributed by atoms with Gasteiger partial charge in [-0.25, -0.2) is 0 Å². The van der Waals surface area contributed by atoms with Gasteiger partial charge in [0.2, 0.25) is 0 Å². The van der Waals surface area contributed by atoms with Crippen molar-refractivity contribution in [3.05, 3.63) is 64.7 Å². The summed E-state index contributed by atoms with van der Waals surface area (Å²) in [4.78, 5) is 13.4. The lowest BCUT2D eigenvalue weighted by molar-refractivity contribution is 0.0951. The molecule has 3 aromatic rings. The second kappa shape index (κ2) is 6.58. The van der Waals surface area contributed by atoms with Crippen LogP contribution in [0.15, 0.2) is 48.0 Å². The highest BCUT2D eigenvalue weighted by Gasteiger charge is 2.15. The van der Waals surface area contributed by atoms with Crippen LogP contribution in [0.2, 0.25) is 0 Å². The summed E-state index contributed by atoms with van der Waals surface area (Å²) in [6.07, 6.45) is 2.59. The van der Waals surface area contributed by atoms with Crippen LogP contribution in [0.25, 0.3) is 10.6 Å². The van der Waals surface area contributed by atoms with Crippen molar-refractivity contribution in [1.29, 1.82) is 0 Å². The average Bonchev–Trinajstić information content (AvgIpc) is 3.23. The van der Waals surface area contributed by atoms with Crippen molar-refractivity contribution in [3.8, 4) is 10.6 Å². The second-order valence-electron chi connectivity index (χ2n) is 4.99. The highest BCUT2D eigenvalue weighted by Crippen LogP contribution is 2.25. The molecule has 0 aliphatic carbocycles. The van der Waals surface area contributed by atoms with E-state index in [0.717, 1.165) is 22.6 Å². The fraction of sp³-hybridized carbons (Fsp3) is 0.176. The first-order valence-electron chi connectivity index (χ1n) is 7.21. The Morgan fingerprint density at radius 1 is 1.23 bits per heavy atom. The summed E-state index contributed by atoms with van der Waals surface area (Å²) < 4.78 is 0. The van der Waals surface area contributed by atoms with Crippen molar-refractivity contribution < 1.29 is 4.79 Å². The molecular formula is C17H17N3OS. The number of amides is 1. The largest absolute Gasteiger partial charge is 0.348 e. The van der Waals surface area contributed by atoms with Crippen molar-refractivity contribution in [1.82, 2.24) is 15.5 Å². The molecule has 0 atom stereocenters. The van der Waals surface area contributed by atoms with Gasteiger partial charge in [0.1, 0.15) is 0 Å². The molecule has 0 spiro atoms. The molecular weight excluding hydrogens is 294 g/mol. The molecule has 4 nitrogen and oxygen atoms in total. The zero-order chi connectivity index (χ0) is 15.4. The smallest absolute Gasteiger partial charge is 0.255 e. The Balaban J connectivity index is 1.69. The number of H-pyrrole nitrogens is 1. The van der Waals surface area contributed by atoms with Gasteiger partial charge < -0.3 is 5.32 Å². The Kier molecular flexibility index (Phi) is 4.34. The number of aromatic amines is 1. The molecule has 0 bridgehead atoms. The summed E-state index contributed by atoms with van der Waals surface area (Å²) in [5.74, 6) is -0.114. The molecule has 0 saturated heterocycles. The van der Waals surface area contributed by atoms with E-state index in [2.05, 4.69) is 46.7 Å². The van der Waals surface area contributed by atoms with Gasteiger partial charge in [0.15, 0.2) is 0 Å². The molecule has 0 unspecified atom stereocenters. The van der Waals surface area contributed by atoms with Crippen LogP contribution < -0.4 is 5.32 Å². The Labute approximate surface area is 133 Å². The summed E-state index contributed by atoms with van der Waals surface area (Å²) >= 11 is 1.58. The molecule has 0 aliphatic rings. The number of aromatic nitrogens is 2. The lowest BCUT2D eigenvalue weighted by Crippen LogP contribution is -2.22. The van der Waals surface area contributed by atoms with Gasteiger partial charge >= 0.3 is 0 Å². The van der Waals surface area contributed by atoms with Crippen molar-refractivity contribution in [3.63, 3.8) is 0 Å². The SMILES string of the molecule is CCc1ccc(CNC(=O)c2cn[nH]c2-c2cccs2)cc1. The van der Waals surface area contributed by atoms with Gasteiger partial charge in [-0.2, -0.15) is 5.10 Å². The van der Waals surface area contributed by atoms with Crippen molar-refractivity contribution >= 4 is 17.2 Å². The number of nitrogens with one attached hydrogen (secondary N) is 2. The number of hydrogen-bond acceptors (Lipinski definition) is 3. The Morgan fingerprint density at radius 2 is 2.00 bits per heavy atom. The predicted molar refractivity (Wildman–Crippen MR) is 88.9 cm³/mol. The van der Waals surface area contributed by atoms with E-state index < -0.39 is 0 Å². The minimum Gasteiger partial charge on any atom is -0.348 e. The molecule has 3 rings (SSSR count). The molecule has 1 amide bonds. The highest BCUT2D eigenvalue weighted by molar-refractivity contribution is 7.13. The van der Waals surface area contributed by atoms with Gasteiger partial charge in [-0.3, -0.25) is 9.89 Å². The zero-order valence-corrected chi connectivity index (χ0v) is 13.1. The fourth-order valence-corrected chi connectivity index (χ4v) is 2.97. The standard InChI is InChI=1S/C17H17N3OS/c1-2-12-5-7-13(8-6-12)10-18-17(21)14-11-19-20-16(14)15-4-3-9-22-15/h3-9,11H,2,10H2,1H3,(H,18,21)(H,19,20). The number of carbonyl (C=O) groups is 1. The van der Waals surface area contributed by atoms with Crippen molar-refractivity contribution in [2.45, 2.75) is 19.9 Å². The van der Waals surface area contributed by atoms with Crippen LogP contribution in [0.3, 0.4) is 0 Å². The normalized spacial score (nSPS) is 10.6. The number of nitrogens with zero attached hydrogens (tertiary/aromatic N) is 1. The number of benzene rings is 1. The summed E-state index contributed by atoms with van der Waals surface area (Å²) in [6, 6.07) is 12.2. The van der Waals surface area contributed by atoms with Crippen LogP contribution in [-0.2, 0) is 13.0 Å². The van der Waals surface area contributed by atoms with Gasteiger partial charge in [-0.05, 0) is 29.0 Å². The Morgan fingerprint density at radius 3 is 2.68 bits per heavy atom. The van der Waals surface area contributed by atoms with Crippen molar-refractivity contribution in [2.75, 3.05) is 0 Å². The third-order valence-corrected chi connectivity index (χ3v) is 4.42. The average molecular weight is 311 g/mol. The van der Waals surface area contributed by atoms with Gasteiger partial charge in [0, 0.05) is 6.54 Å². The molecule has 1 aromatic carbocycles. The van der Waals surface area contributed by atoms with Gasteiger partial charge in [0.25, 0.3) is 5.91 Å². The summed E-state index contributed by atoms with van der Waals surface area (Å²) in [6.45, 7) is 2.64. The maximum Gasteiger partial charge on any atom is 0.255 e. The van der Waals surface area contributed by atoms with Crippen LogP contribution >= 0.6 is 11.3 Å². The fourth-order valence-electron chi connectivity index (χ4n) is 2.24. The minimum absolute atomic E-state index is 0.114. The maximum absolute atomic E-state index is 12.4. The number of hydrogen-bond donors (Lipinski definition) is 2. The first kappa shape index (κ1) is 14.5. The van der Waals surface area contributed by atoms with E-state index in [1.54, 1.807) is 17.5 Å². The topological polar surface area (TPSA) is 57.8 Å². The van der Waals surface area contributed by atoms with Gasteiger partial charge in [-0.1, -0.05) is 37.3 Å². The van der Waals surface area contributed by atoms with E-state index in [4.69, 9.17) is 0 Å². The highest BCUT2D eigenvalue weighted by atomic mass is 32.1. The Bertz CT molecular complexity index is 745. The second-order valence-corrected chi connectivity index (χ2v) is 5.94. The molecule has 0 radical (unpaired) electrons. The number of rotatable bonds is 5. The van der Waals surface area contributed by atoms with E-state index in [1.165, 1.54) is 5.56 Å². The van der Waals surface area contributed by atoms with Crippen molar-refractivity contribution in [2.24, 2.45) is 0 Å². The van der Waals surface area contributed by atoms with E-state index in [0.29, 0.717) is 12.1 Å². The van der Waals surface area contributed by atoms with E-state index in [-0.39, 0.29) is 5.91 Å². The summed E-state index contributed by atoms with van der Waals surface area (Å²) in [7, 11) is 0. The minimum atomic E-state index is -0.114. The summed E-state index contributed by atoms with van der Waals surface area (Å²) in [5, 5.41) is 11.8. The monoisotopic (exact) mass is 311 g/mol. The predicted octanol–water partition coefficient (Wildman–Crippen LogP) is 3.63. The van der Waals surface area contributed by atoms with E-state index in [1.807, 2.05) is 17.5 Å². The van der Waals surface area contributed by atoms with Crippen LogP contribution in [0, 0.1) is 0 Å². The molecule has 2 N–H and O–H groups in total.